The molecule has 4 heteroatoms. The van der Waals surface area contributed by atoms with Gasteiger partial charge in [-0.05, 0) is 43.7 Å². The van der Waals surface area contributed by atoms with Crippen molar-refractivity contribution in [2.45, 2.75) is 45.2 Å². The first-order valence-electron chi connectivity index (χ1n) is 7.88. The van der Waals surface area contributed by atoms with E-state index in [0.29, 0.717) is 18.4 Å². The van der Waals surface area contributed by atoms with E-state index in [1.807, 2.05) is 4.90 Å². The van der Waals surface area contributed by atoms with Crippen LogP contribution in [0.5, 0.6) is 0 Å². The topological polar surface area (TPSA) is 15.3 Å². The van der Waals surface area contributed by atoms with E-state index in [0.717, 1.165) is 6.54 Å². The van der Waals surface area contributed by atoms with Crippen molar-refractivity contribution in [1.82, 2.24) is 5.32 Å². The van der Waals surface area contributed by atoms with Gasteiger partial charge in [0.1, 0.15) is 17.3 Å². The first-order valence-corrected chi connectivity index (χ1v) is 7.88. The molecule has 3 rings (SSSR count). The Bertz CT molecular complexity index is 507. The molecule has 1 aromatic rings. The average molecular weight is 294 g/mol. The zero-order valence-corrected chi connectivity index (χ0v) is 13.0. The molecule has 1 aromatic carbocycles. The van der Waals surface area contributed by atoms with Crippen molar-refractivity contribution < 1.29 is 8.78 Å². The number of hydrogen-bond donors (Lipinski definition) is 1. The summed E-state index contributed by atoms with van der Waals surface area (Å²) in [5.74, 6) is 0.0459. The van der Waals surface area contributed by atoms with Crippen LogP contribution in [0.25, 0.3) is 0 Å². The fourth-order valence-electron chi connectivity index (χ4n) is 3.57. The summed E-state index contributed by atoms with van der Waals surface area (Å²) in [5.41, 5.74) is 0.102. The van der Waals surface area contributed by atoms with Gasteiger partial charge >= 0.3 is 0 Å². The molecule has 0 aromatic heterocycles. The van der Waals surface area contributed by atoms with Gasteiger partial charge in [-0.25, -0.2) is 8.78 Å². The van der Waals surface area contributed by atoms with Gasteiger partial charge in [-0.2, -0.15) is 0 Å². The van der Waals surface area contributed by atoms with E-state index in [2.05, 4.69) is 26.1 Å². The second kappa shape index (κ2) is 5.24. The molecule has 2 unspecified atom stereocenters. The highest BCUT2D eigenvalue weighted by molar-refractivity contribution is 5.51. The molecular weight excluding hydrogens is 270 g/mol. The molecular formula is C17H24F2N2. The minimum absolute atomic E-state index is 0.0416. The molecule has 2 atom stereocenters. The van der Waals surface area contributed by atoms with Gasteiger partial charge < -0.3 is 10.2 Å². The van der Waals surface area contributed by atoms with Crippen LogP contribution in [-0.2, 0) is 0 Å². The molecule has 1 aliphatic carbocycles. The number of benzene rings is 1. The number of rotatable bonds is 3. The van der Waals surface area contributed by atoms with Crippen molar-refractivity contribution in [3.8, 4) is 0 Å². The first kappa shape index (κ1) is 14.8. The largest absolute Gasteiger partial charge is 0.360 e. The number of nitrogens with zero attached hydrogens (tertiary/aromatic N) is 1. The molecule has 2 fully saturated rings. The van der Waals surface area contributed by atoms with E-state index in [-0.39, 0.29) is 17.3 Å². The number of nitrogens with one attached hydrogen (secondary N) is 1. The standard InChI is InChI=1S/C17H24F2N2/c1-11(2)15-9-20-17(3,12-7-8-12)10-21(15)16-13(18)5-4-6-14(16)19/h4-6,11-12,15,20H,7-10H2,1-3H3. The fraction of sp³-hybridized carbons (Fsp3) is 0.647. The van der Waals surface area contributed by atoms with Gasteiger partial charge in [0.15, 0.2) is 0 Å². The minimum atomic E-state index is -0.458. The molecule has 0 spiro atoms. The Balaban J connectivity index is 1.97. The third-order valence-corrected chi connectivity index (χ3v) is 5.09. The molecule has 1 saturated carbocycles. The van der Waals surface area contributed by atoms with Crippen LogP contribution in [0.4, 0.5) is 14.5 Å². The molecule has 2 aliphatic rings. The molecule has 0 amide bonds. The smallest absolute Gasteiger partial charge is 0.149 e. The number of para-hydroxylation sites is 1. The Hall–Kier alpha value is -1.16. The van der Waals surface area contributed by atoms with Gasteiger partial charge in [-0.15, -0.1) is 0 Å². The molecule has 0 bridgehead atoms. The van der Waals surface area contributed by atoms with Crippen LogP contribution in [0.15, 0.2) is 18.2 Å². The monoisotopic (exact) mass is 294 g/mol. The van der Waals surface area contributed by atoms with Crippen LogP contribution in [0.3, 0.4) is 0 Å². The second-order valence-electron chi connectivity index (χ2n) is 7.08. The molecule has 0 radical (unpaired) electrons. The molecule has 116 valence electrons. The third kappa shape index (κ3) is 2.66. The van der Waals surface area contributed by atoms with Crippen molar-refractivity contribution in [2.75, 3.05) is 18.0 Å². The Morgan fingerprint density at radius 1 is 1.24 bits per heavy atom. The van der Waals surface area contributed by atoms with Crippen LogP contribution < -0.4 is 10.2 Å². The van der Waals surface area contributed by atoms with Gasteiger partial charge in [0.05, 0.1) is 0 Å². The molecule has 2 nitrogen and oxygen atoms in total. The van der Waals surface area contributed by atoms with Gasteiger partial charge in [0, 0.05) is 24.7 Å². The maximum Gasteiger partial charge on any atom is 0.149 e. The molecule has 21 heavy (non-hydrogen) atoms. The zero-order valence-electron chi connectivity index (χ0n) is 13.0. The van der Waals surface area contributed by atoms with Gasteiger partial charge in [0.2, 0.25) is 0 Å². The Morgan fingerprint density at radius 2 is 1.86 bits per heavy atom. The van der Waals surface area contributed by atoms with Gasteiger partial charge in [-0.1, -0.05) is 19.9 Å². The first-order chi connectivity index (χ1) is 9.92. The summed E-state index contributed by atoms with van der Waals surface area (Å²) in [6.45, 7) is 7.85. The van der Waals surface area contributed by atoms with E-state index < -0.39 is 11.6 Å². The van der Waals surface area contributed by atoms with Crippen molar-refractivity contribution in [1.29, 1.82) is 0 Å². The van der Waals surface area contributed by atoms with Crippen molar-refractivity contribution in [3.63, 3.8) is 0 Å². The SMILES string of the molecule is CC(C)C1CNC(C)(C2CC2)CN1c1c(F)cccc1F. The Labute approximate surface area is 125 Å². The van der Waals surface area contributed by atoms with Crippen LogP contribution in [0.1, 0.15) is 33.6 Å². The summed E-state index contributed by atoms with van der Waals surface area (Å²) in [6, 6.07) is 4.25. The summed E-state index contributed by atoms with van der Waals surface area (Å²) >= 11 is 0. The number of piperazine rings is 1. The van der Waals surface area contributed by atoms with E-state index >= 15 is 0 Å². The minimum Gasteiger partial charge on any atom is -0.360 e. The molecule has 1 saturated heterocycles. The summed E-state index contributed by atoms with van der Waals surface area (Å²) in [4.78, 5) is 1.96. The predicted octanol–water partition coefficient (Wildman–Crippen LogP) is 3.57. The second-order valence-corrected chi connectivity index (χ2v) is 7.08. The van der Waals surface area contributed by atoms with Crippen molar-refractivity contribution >= 4 is 5.69 Å². The normalized spacial score (nSPS) is 30.0. The highest BCUT2D eigenvalue weighted by Gasteiger charge is 2.47. The molecule has 1 N–H and O–H groups in total. The lowest BCUT2D eigenvalue weighted by Crippen LogP contribution is -2.65. The Morgan fingerprint density at radius 3 is 2.38 bits per heavy atom. The summed E-state index contributed by atoms with van der Waals surface area (Å²) in [5, 5.41) is 3.64. The summed E-state index contributed by atoms with van der Waals surface area (Å²) in [6.07, 6.45) is 2.42. The summed E-state index contributed by atoms with van der Waals surface area (Å²) < 4.78 is 28.5. The van der Waals surface area contributed by atoms with Crippen LogP contribution in [0.2, 0.25) is 0 Å². The number of halogens is 2. The molecule has 1 heterocycles. The fourth-order valence-corrected chi connectivity index (χ4v) is 3.57. The van der Waals surface area contributed by atoms with Crippen LogP contribution >= 0.6 is 0 Å². The zero-order chi connectivity index (χ0) is 15.2. The molecule has 1 aliphatic heterocycles. The quantitative estimate of drug-likeness (QED) is 0.917. The van der Waals surface area contributed by atoms with E-state index in [1.54, 1.807) is 0 Å². The van der Waals surface area contributed by atoms with Crippen molar-refractivity contribution in [2.24, 2.45) is 11.8 Å². The maximum absolute atomic E-state index is 14.2. The predicted molar refractivity (Wildman–Crippen MR) is 81.5 cm³/mol. The third-order valence-electron chi connectivity index (χ3n) is 5.09. The van der Waals surface area contributed by atoms with E-state index in [4.69, 9.17) is 0 Å². The number of hydrogen-bond acceptors (Lipinski definition) is 2. The number of anilines is 1. The maximum atomic E-state index is 14.2. The Kier molecular flexibility index (Phi) is 3.68. The van der Waals surface area contributed by atoms with Crippen LogP contribution in [0, 0.1) is 23.5 Å². The lowest BCUT2D eigenvalue weighted by atomic mass is 9.87. The van der Waals surface area contributed by atoms with E-state index in [1.165, 1.54) is 31.0 Å². The van der Waals surface area contributed by atoms with Crippen LogP contribution in [-0.4, -0.2) is 24.7 Å². The average Bonchev–Trinajstić information content (AvgIpc) is 3.23. The van der Waals surface area contributed by atoms with Crippen molar-refractivity contribution in [3.05, 3.63) is 29.8 Å². The summed E-state index contributed by atoms with van der Waals surface area (Å²) in [7, 11) is 0. The highest BCUT2D eigenvalue weighted by atomic mass is 19.1. The highest BCUT2D eigenvalue weighted by Crippen LogP contribution is 2.43. The lowest BCUT2D eigenvalue weighted by molar-refractivity contribution is 0.231. The van der Waals surface area contributed by atoms with Gasteiger partial charge in [-0.3, -0.25) is 0 Å². The van der Waals surface area contributed by atoms with Gasteiger partial charge in [0.25, 0.3) is 0 Å². The lowest BCUT2D eigenvalue weighted by Gasteiger charge is -2.49. The van der Waals surface area contributed by atoms with E-state index in [9.17, 15) is 8.78 Å².